The molecule has 1 aromatic rings. The van der Waals surface area contributed by atoms with Crippen molar-refractivity contribution in [3.63, 3.8) is 0 Å². The highest BCUT2D eigenvalue weighted by atomic mass is 19.1. The normalized spacial score (nSPS) is 10.5. The number of H-pyrrole nitrogens is 1. The molecule has 74 valence electrons. The molecule has 1 aromatic heterocycles. The number of hydrogen-bond donors (Lipinski definition) is 1. The van der Waals surface area contributed by atoms with Crippen molar-refractivity contribution in [2.45, 2.75) is 38.5 Å². The summed E-state index contributed by atoms with van der Waals surface area (Å²) in [6.45, 7) is -0.177. The molecule has 0 radical (unpaired) electrons. The van der Waals surface area contributed by atoms with E-state index >= 15 is 0 Å². The molecule has 0 spiro atoms. The molecule has 0 aliphatic rings. The third-order valence-corrected chi connectivity index (χ3v) is 2.03. The van der Waals surface area contributed by atoms with E-state index in [-0.39, 0.29) is 6.67 Å². The van der Waals surface area contributed by atoms with E-state index in [0.29, 0.717) is 6.42 Å². The molecule has 0 aromatic carbocycles. The second-order valence-corrected chi connectivity index (χ2v) is 3.17. The van der Waals surface area contributed by atoms with Crippen molar-refractivity contribution < 1.29 is 4.39 Å². The summed E-state index contributed by atoms with van der Waals surface area (Å²) < 4.78 is 11.7. The first-order valence-corrected chi connectivity index (χ1v) is 4.84. The van der Waals surface area contributed by atoms with E-state index in [1.54, 1.807) is 6.20 Å². The van der Waals surface area contributed by atoms with Gasteiger partial charge in [-0.3, -0.25) is 4.39 Å². The fourth-order valence-electron chi connectivity index (χ4n) is 1.28. The fraction of sp³-hybridized carbons (Fsp3) is 0.778. The number of hydrogen-bond acceptors (Lipinski definition) is 2. The second-order valence-electron chi connectivity index (χ2n) is 3.17. The van der Waals surface area contributed by atoms with Crippen molar-refractivity contribution in [2.24, 2.45) is 0 Å². The molecule has 0 amide bonds. The molecule has 0 bridgehead atoms. The number of nitrogens with one attached hydrogen (secondary N) is 1. The SMILES string of the molecule is FCCCCCCCc1cn[nH]n1. The summed E-state index contributed by atoms with van der Waals surface area (Å²) >= 11 is 0. The highest BCUT2D eigenvalue weighted by Gasteiger charge is 1.95. The topological polar surface area (TPSA) is 41.6 Å². The Hall–Kier alpha value is -0.930. The van der Waals surface area contributed by atoms with Crippen molar-refractivity contribution in [3.8, 4) is 0 Å². The molecule has 0 aliphatic carbocycles. The van der Waals surface area contributed by atoms with Crippen LogP contribution in [0.1, 0.15) is 37.8 Å². The van der Waals surface area contributed by atoms with E-state index in [9.17, 15) is 4.39 Å². The predicted octanol–water partition coefficient (Wildman–Crippen LogP) is 2.27. The summed E-state index contributed by atoms with van der Waals surface area (Å²) in [4.78, 5) is 0. The quantitative estimate of drug-likeness (QED) is 0.662. The average molecular weight is 185 g/mol. The zero-order valence-corrected chi connectivity index (χ0v) is 7.80. The Balaban J connectivity index is 1.90. The van der Waals surface area contributed by atoms with E-state index in [2.05, 4.69) is 15.4 Å². The fourth-order valence-corrected chi connectivity index (χ4v) is 1.28. The molecule has 1 heterocycles. The van der Waals surface area contributed by atoms with Gasteiger partial charge in [0.15, 0.2) is 0 Å². The third-order valence-electron chi connectivity index (χ3n) is 2.03. The van der Waals surface area contributed by atoms with Crippen LogP contribution < -0.4 is 0 Å². The van der Waals surface area contributed by atoms with Crippen LogP contribution in [0.25, 0.3) is 0 Å². The minimum Gasteiger partial charge on any atom is -0.251 e. The number of nitrogens with zero attached hydrogens (tertiary/aromatic N) is 2. The maximum absolute atomic E-state index is 11.7. The van der Waals surface area contributed by atoms with E-state index in [4.69, 9.17) is 0 Å². The van der Waals surface area contributed by atoms with Crippen LogP contribution >= 0.6 is 0 Å². The molecular formula is C9H16FN3. The molecule has 0 aliphatic heterocycles. The van der Waals surface area contributed by atoms with E-state index in [0.717, 1.165) is 37.8 Å². The number of aromatic amines is 1. The maximum Gasteiger partial charge on any atom is 0.0894 e. The number of aromatic nitrogens is 3. The minimum absolute atomic E-state index is 0.177. The first-order valence-electron chi connectivity index (χ1n) is 4.84. The Morgan fingerprint density at radius 3 is 2.62 bits per heavy atom. The summed E-state index contributed by atoms with van der Waals surface area (Å²) in [7, 11) is 0. The van der Waals surface area contributed by atoms with Crippen LogP contribution in [0.15, 0.2) is 6.20 Å². The van der Waals surface area contributed by atoms with Crippen LogP contribution in [0.3, 0.4) is 0 Å². The summed E-state index contributed by atoms with van der Waals surface area (Å²) in [5.41, 5.74) is 1.02. The highest BCUT2D eigenvalue weighted by Crippen LogP contribution is 2.06. The molecule has 13 heavy (non-hydrogen) atoms. The summed E-state index contributed by atoms with van der Waals surface area (Å²) in [6.07, 6.45) is 7.86. The Bertz CT molecular complexity index is 199. The molecule has 0 saturated carbocycles. The van der Waals surface area contributed by atoms with E-state index < -0.39 is 0 Å². The summed E-state index contributed by atoms with van der Waals surface area (Å²) in [5, 5.41) is 10.3. The Kier molecular flexibility index (Phi) is 5.13. The van der Waals surface area contributed by atoms with Gasteiger partial charge in [0.1, 0.15) is 0 Å². The van der Waals surface area contributed by atoms with Crippen molar-refractivity contribution in [2.75, 3.05) is 6.67 Å². The van der Waals surface area contributed by atoms with Crippen molar-refractivity contribution in [1.82, 2.24) is 15.4 Å². The minimum atomic E-state index is -0.177. The van der Waals surface area contributed by atoms with Gasteiger partial charge in [0, 0.05) is 0 Å². The molecule has 0 saturated heterocycles. The van der Waals surface area contributed by atoms with Crippen LogP contribution in [0, 0.1) is 0 Å². The van der Waals surface area contributed by atoms with Crippen LogP contribution in [0.2, 0.25) is 0 Å². The van der Waals surface area contributed by atoms with E-state index in [1.807, 2.05) is 0 Å². The van der Waals surface area contributed by atoms with Gasteiger partial charge in [0.05, 0.1) is 18.6 Å². The largest absolute Gasteiger partial charge is 0.251 e. The van der Waals surface area contributed by atoms with E-state index in [1.165, 1.54) is 0 Å². The van der Waals surface area contributed by atoms with Gasteiger partial charge in [0.2, 0.25) is 0 Å². The zero-order valence-electron chi connectivity index (χ0n) is 7.80. The van der Waals surface area contributed by atoms with Crippen molar-refractivity contribution >= 4 is 0 Å². The van der Waals surface area contributed by atoms with Gasteiger partial charge in [-0.2, -0.15) is 15.4 Å². The molecule has 1 rings (SSSR count). The van der Waals surface area contributed by atoms with Crippen molar-refractivity contribution in [3.05, 3.63) is 11.9 Å². The highest BCUT2D eigenvalue weighted by molar-refractivity contribution is 4.89. The first-order chi connectivity index (χ1) is 6.43. The predicted molar refractivity (Wildman–Crippen MR) is 49.1 cm³/mol. The average Bonchev–Trinajstić information content (AvgIpc) is 2.63. The standard InChI is InChI=1S/C9H16FN3/c10-7-5-3-1-2-4-6-9-8-11-13-12-9/h8H,1-7H2,(H,11,12,13). The number of halogens is 1. The van der Waals surface area contributed by atoms with Crippen LogP contribution in [0.5, 0.6) is 0 Å². The van der Waals surface area contributed by atoms with Gasteiger partial charge in [-0.1, -0.05) is 19.3 Å². The molecule has 0 unspecified atom stereocenters. The molecular weight excluding hydrogens is 169 g/mol. The van der Waals surface area contributed by atoms with Gasteiger partial charge < -0.3 is 0 Å². The first kappa shape index (κ1) is 10.2. The third kappa shape index (κ3) is 4.60. The monoisotopic (exact) mass is 185 g/mol. The number of aryl methyl sites for hydroxylation is 1. The van der Waals surface area contributed by atoms with Crippen molar-refractivity contribution in [1.29, 1.82) is 0 Å². The lowest BCUT2D eigenvalue weighted by Gasteiger charge is -1.97. The molecule has 3 nitrogen and oxygen atoms in total. The van der Waals surface area contributed by atoms with Gasteiger partial charge in [-0.05, 0) is 19.3 Å². The molecule has 1 N–H and O–H groups in total. The Labute approximate surface area is 77.7 Å². The Morgan fingerprint density at radius 1 is 1.15 bits per heavy atom. The molecule has 0 fully saturated rings. The second kappa shape index (κ2) is 6.57. The van der Waals surface area contributed by atoms with Gasteiger partial charge in [-0.15, -0.1) is 0 Å². The zero-order chi connectivity index (χ0) is 9.36. The Morgan fingerprint density at radius 2 is 1.92 bits per heavy atom. The lowest BCUT2D eigenvalue weighted by atomic mass is 10.1. The molecule has 4 heteroatoms. The smallest absolute Gasteiger partial charge is 0.0894 e. The maximum atomic E-state index is 11.7. The lowest BCUT2D eigenvalue weighted by molar-refractivity contribution is 0.451. The number of rotatable bonds is 7. The lowest BCUT2D eigenvalue weighted by Crippen LogP contribution is -1.86. The molecule has 0 atom stereocenters. The van der Waals surface area contributed by atoms with Gasteiger partial charge >= 0.3 is 0 Å². The van der Waals surface area contributed by atoms with Crippen LogP contribution in [-0.2, 0) is 6.42 Å². The number of unbranched alkanes of at least 4 members (excludes halogenated alkanes) is 4. The summed E-state index contributed by atoms with van der Waals surface area (Å²) in [6, 6.07) is 0. The van der Waals surface area contributed by atoms with Gasteiger partial charge in [-0.25, -0.2) is 0 Å². The van der Waals surface area contributed by atoms with Crippen LogP contribution in [0.4, 0.5) is 4.39 Å². The van der Waals surface area contributed by atoms with Gasteiger partial charge in [0.25, 0.3) is 0 Å². The summed E-state index contributed by atoms with van der Waals surface area (Å²) in [5.74, 6) is 0. The van der Waals surface area contributed by atoms with Crippen LogP contribution in [-0.4, -0.2) is 22.1 Å². The number of alkyl halides is 1.